The molecule has 0 radical (unpaired) electrons. The van der Waals surface area contributed by atoms with Gasteiger partial charge in [0.15, 0.2) is 0 Å². The van der Waals surface area contributed by atoms with Crippen molar-refractivity contribution in [1.29, 1.82) is 0 Å². The smallest absolute Gasteiger partial charge is 0.221 e. The van der Waals surface area contributed by atoms with E-state index < -0.39 is 0 Å². The fourth-order valence-electron chi connectivity index (χ4n) is 2.17. The van der Waals surface area contributed by atoms with Gasteiger partial charge in [-0.05, 0) is 31.0 Å². The molecule has 0 saturated carbocycles. The molecule has 4 nitrogen and oxygen atoms in total. The predicted octanol–water partition coefficient (Wildman–Crippen LogP) is 2.14. The van der Waals surface area contributed by atoms with E-state index in [1.165, 1.54) is 11.1 Å². The van der Waals surface area contributed by atoms with E-state index in [0.717, 1.165) is 5.69 Å². The molecule has 2 rings (SSSR count). The van der Waals surface area contributed by atoms with Gasteiger partial charge in [0.1, 0.15) is 0 Å². The van der Waals surface area contributed by atoms with Gasteiger partial charge in [0.05, 0.1) is 11.7 Å². The van der Waals surface area contributed by atoms with Gasteiger partial charge in [-0.25, -0.2) is 0 Å². The van der Waals surface area contributed by atoms with Crippen LogP contribution in [0.5, 0.6) is 0 Å². The number of aromatic nitrogens is 1. The number of hydrogen-bond acceptors (Lipinski definition) is 3. The van der Waals surface area contributed by atoms with E-state index >= 15 is 0 Å². The van der Waals surface area contributed by atoms with Crippen molar-refractivity contribution in [2.45, 2.75) is 25.8 Å². The lowest BCUT2D eigenvalue weighted by Gasteiger charge is -2.18. The molecular weight excluding hydrogens is 262 g/mol. The van der Waals surface area contributed by atoms with Crippen molar-refractivity contribution in [2.24, 2.45) is 5.73 Å². The molecule has 1 heterocycles. The number of benzene rings is 1. The first-order chi connectivity index (χ1) is 10.2. The third-order valence-electron chi connectivity index (χ3n) is 3.31. The van der Waals surface area contributed by atoms with E-state index in [2.05, 4.69) is 41.5 Å². The van der Waals surface area contributed by atoms with Gasteiger partial charge in [0, 0.05) is 19.2 Å². The van der Waals surface area contributed by atoms with Gasteiger partial charge in [-0.2, -0.15) is 0 Å². The van der Waals surface area contributed by atoms with Gasteiger partial charge < -0.3 is 11.1 Å². The molecule has 1 aromatic carbocycles. The van der Waals surface area contributed by atoms with Crippen molar-refractivity contribution in [3.63, 3.8) is 0 Å². The number of pyridine rings is 1. The molecule has 4 heteroatoms. The van der Waals surface area contributed by atoms with Crippen LogP contribution in [-0.4, -0.2) is 17.4 Å². The number of amides is 1. The van der Waals surface area contributed by atoms with Crippen LogP contribution < -0.4 is 11.1 Å². The molecule has 0 saturated heterocycles. The SMILES string of the molecule is Cc1ccc(CC(NC(=O)CCN)c2ccccn2)cc1. The minimum absolute atomic E-state index is 0.0414. The van der Waals surface area contributed by atoms with Crippen LogP contribution >= 0.6 is 0 Å². The molecule has 0 aliphatic rings. The zero-order chi connectivity index (χ0) is 15.1. The van der Waals surface area contributed by atoms with Gasteiger partial charge in [-0.3, -0.25) is 9.78 Å². The molecular formula is C17H21N3O. The van der Waals surface area contributed by atoms with Crippen molar-refractivity contribution >= 4 is 5.91 Å². The van der Waals surface area contributed by atoms with Crippen LogP contribution in [0.3, 0.4) is 0 Å². The molecule has 0 aliphatic heterocycles. The largest absolute Gasteiger partial charge is 0.347 e. The highest BCUT2D eigenvalue weighted by atomic mass is 16.1. The lowest BCUT2D eigenvalue weighted by atomic mass is 10.0. The summed E-state index contributed by atoms with van der Waals surface area (Å²) in [5.74, 6) is -0.0414. The highest BCUT2D eigenvalue weighted by molar-refractivity contribution is 5.76. The maximum atomic E-state index is 11.9. The average Bonchev–Trinajstić information content (AvgIpc) is 2.50. The molecule has 3 N–H and O–H groups in total. The summed E-state index contributed by atoms with van der Waals surface area (Å²) >= 11 is 0. The molecule has 1 atom stereocenters. The van der Waals surface area contributed by atoms with Gasteiger partial charge in [0.25, 0.3) is 0 Å². The normalized spacial score (nSPS) is 11.9. The molecule has 2 aromatic rings. The molecule has 21 heavy (non-hydrogen) atoms. The van der Waals surface area contributed by atoms with Crippen LogP contribution in [0.15, 0.2) is 48.7 Å². The second kappa shape index (κ2) is 7.55. The molecule has 0 aliphatic carbocycles. The van der Waals surface area contributed by atoms with E-state index in [1.807, 2.05) is 18.2 Å². The number of aryl methyl sites for hydroxylation is 1. The first-order valence-corrected chi connectivity index (χ1v) is 7.15. The lowest BCUT2D eigenvalue weighted by molar-refractivity contribution is -0.121. The van der Waals surface area contributed by atoms with Gasteiger partial charge in [-0.1, -0.05) is 35.9 Å². The number of nitrogens with one attached hydrogen (secondary N) is 1. The van der Waals surface area contributed by atoms with Crippen LogP contribution in [-0.2, 0) is 11.2 Å². The summed E-state index contributed by atoms with van der Waals surface area (Å²) in [4.78, 5) is 16.2. The Kier molecular flexibility index (Phi) is 5.46. The monoisotopic (exact) mass is 283 g/mol. The Hall–Kier alpha value is -2.20. The minimum atomic E-state index is -0.132. The summed E-state index contributed by atoms with van der Waals surface area (Å²) < 4.78 is 0. The van der Waals surface area contributed by atoms with Crippen LogP contribution in [0.1, 0.15) is 29.3 Å². The Bertz CT molecular complexity index is 566. The second-order valence-electron chi connectivity index (χ2n) is 5.10. The summed E-state index contributed by atoms with van der Waals surface area (Å²) in [6, 6.07) is 13.9. The third-order valence-corrected chi connectivity index (χ3v) is 3.31. The second-order valence-corrected chi connectivity index (χ2v) is 5.10. The summed E-state index contributed by atoms with van der Waals surface area (Å²) in [5.41, 5.74) is 8.69. The number of rotatable bonds is 6. The number of hydrogen-bond donors (Lipinski definition) is 2. The van der Waals surface area contributed by atoms with E-state index in [-0.39, 0.29) is 11.9 Å². The molecule has 1 aromatic heterocycles. The number of carbonyl (C=O) groups is 1. The maximum Gasteiger partial charge on any atom is 0.221 e. The zero-order valence-corrected chi connectivity index (χ0v) is 12.3. The maximum absolute atomic E-state index is 11.9. The van der Waals surface area contributed by atoms with E-state index in [1.54, 1.807) is 6.20 Å². The standard InChI is InChI=1S/C17H21N3O/c1-13-5-7-14(8-6-13)12-16(20-17(21)9-10-18)15-4-2-3-11-19-15/h2-8,11,16H,9-10,12,18H2,1H3,(H,20,21). The fourth-order valence-corrected chi connectivity index (χ4v) is 2.17. The van der Waals surface area contributed by atoms with Crippen molar-refractivity contribution in [2.75, 3.05) is 6.54 Å². The van der Waals surface area contributed by atoms with Crippen LogP contribution in [0, 0.1) is 6.92 Å². The molecule has 110 valence electrons. The molecule has 1 amide bonds. The molecule has 0 spiro atoms. The summed E-state index contributed by atoms with van der Waals surface area (Å²) in [5, 5.41) is 3.02. The minimum Gasteiger partial charge on any atom is -0.347 e. The first-order valence-electron chi connectivity index (χ1n) is 7.15. The van der Waals surface area contributed by atoms with Crippen LogP contribution in [0.25, 0.3) is 0 Å². The van der Waals surface area contributed by atoms with Crippen molar-refractivity contribution in [1.82, 2.24) is 10.3 Å². The Morgan fingerprint density at radius 2 is 2.00 bits per heavy atom. The Labute approximate surface area is 125 Å². The van der Waals surface area contributed by atoms with Gasteiger partial charge in [-0.15, -0.1) is 0 Å². The Morgan fingerprint density at radius 3 is 2.62 bits per heavy atom. The molecule has 0 fully saturated rings. The van der Waals surface area contributed by atoms with Crippen molar-refractivity contribution < 1.29 is 4.79 Å². The van der Waals surface area contributed by atoms with E-state index in [4.69, 9.17) is 5.73 Å². The Morgan fingerprint density at radius 1 is 1.24 bits per heavy atom. The third kappa shape index (κ3) is 4.68. The highest BCUT2D eigenvalue weighted by Gasteiger charge is 2.16. The van der Waals surface area contributed by atoms with Gasteiger partial charge in [0.2, 0.25) is 5.91 Å². The van der Waals surface area contributed by atoms with Crippen molar-refractivity contribution in [3.8, 4) is 0 Å². The quantitative estimate of drug-likeness (QED) is 0.853. The van der Waals surface area contributed by atoms with Gasteiger partial charge >= 0.3 is 0 Å². The van der Waals surface area contributed by atoms with Crippen LogP contribution in [0.2, 0.25) is 0 Å². The zero-order valence-electron chi connectivity index (χ0n) is 12.3. The van der Waals surface area contributed by atoms with E-state index in [9.17, 15) is 4.79 Å². The summed E-state index contributed by atoms with van der Waals surface area (Å²) in [6.07, 6.45) is 2.79. The highest BCUT2D eigenvalue weighted by Crippen LogP contribution is 2.17. The van der Waals surface area contributed by atoms with E-state index in [0.29, 0.717) is 19.4 Å². The number of nitrogens with two attached hydrogens (primary N) is 1. The van der Waals surface area contributed by atoms with Crippen LogP contribution in [0.4, 0.5) is 0 Å². The lowest BCUT2D eigenvalue weighted by Crippen LogP contribution is -2.31. The molecule has 1 unspecified atom stereocenters. The molecule has 0 bridgehead atoms. The number of nitrogens with zero attached hydrogens (tertiary/aromatic N) is 1. The summed E-state index contributed by atoms with van der Waals surface area (Å²) in [6.45, 7) is 2.41. The summed E-state index contributed by atoms with van der Waals surface area (Å²) in [7, 11) is 0. The Balaban J connectivity index is 2.15. The first kappa shape index (κ1) is 15.2. The van der Waals surface area contributed by atoms with Crippen molar-refractivity contribution in [3.05, 3.63) is 65.5 Å². The topological polar surface area (TPSA) is 68.0 Å². The predicted molar refractivity (Wildman–Crippen MR) is 83.7 cm³/mol. The fraction of sp³-hybridized carbons (Fsp3) is 0.294. The number of carbonyl (C=O) groups excluding carboxylic acids is 1. The average molecular weight is 283 g/mol.